The molecule has 0 aliphatic carbocycles. The van der Waals surface area contributed by atoms with Crippen molar-refractivity contribution >= 4 is 17.3 Å². The van der Waals surface area contributed by atoms with E-state index in [-0.39, 0.29) is 12.4 Å². The Morgan fingerprint density at radius 2 is 2.05 bits per heavy atom. The van der Waals surface area contributed by atoms with E-state index in [2.05, 4.69) is 6.07 Å². The summed E-state index contributed by atoms with van der Waals surface area (Å²) in [5.74, 6) is 0.239. The zero-order chi connectivity index (χ0) is 15.1. The predicted octanol–water partition coefficient (Wildman–Crippen LogP) is 4.55. The maximum absolute atomic E-state index is 11.6. The van der Waals surface area contributed by atoms with Crippen LogP contribution in [-0.4, -0.2) is 5.97 Å². The fourth-order valence-corrected chi connectivity index (χ4v) is 2.55. The number of hydrogen-bond acceptors (Lipinski definition) is 4. The average molecular weight is 297 g/mol. The molecule has 21 heavy (non-hydrogen) atoms. The number of benzene rings is 1. The van der Waals surface area contributed by atoms with E-state index in [9.17, 15) is 4.79 Å². The van der Waals surface area contributed by atoms with Gasteiger partial charge < -0.3 is 4.74 Å². The molecule has 0 aliphatic rings. The second-order valence-electron chi connectivity index (χ2n) is 4.36. The van der Waals surface area contributed by atoms with Crippen LogP contribution in [0.15, 0.2) is 47.9 Å². The lowest BCUT2D eigenvalue weighted by molar-refractivity contribution is -0.133. The molecule has 1 aromatic carbocycles. The molecular weight excluding hydrogens is 282 g/mol. The van der Waals surface area contributed by atoms with Crippen molar-refractivity contribution < 1.29 is 9.53 Å². The summed E-state index contributed by atoms with van der Waals surface area (Å²) < 4.78 is 5.24. The monoisotopic (exact) mass is 297 g/mol. The minimum Gasteiger partial charge on any atom is -0.426 e. The third-order valence-corrected chi connectivity index (χ3v) is 3.67. The highest BCUT2D eigenvalue weighted by molar-refractivity contribution is 7.11. The van der Waals surface area contributed by atoms with Gasteiger partial charge in [-0.2, -0.15) is 5.26 Å². The number of hydrogen-bond donors (Lipinski definition) is 0. The molecule has 0 aliphatic heterocycles. The van der Waals surface area contributed by atoms with Crippen molar-refractivity contribution in [1.29, 1.82) is 5.26 Å². The molecule has 0 bridgehead atoms. The van der Waals surface area contributed by atoms with Gasteiger partial charge in [0.1, 0.15) is 16.7 Å². The maximum atomic E-state index is 11.6. The summed E-state index contributed by atoms with van der Waals surface area (Å²) >= 11 is 1.42. The average Bonchev–Trinajstić information content (AvgIpc) is 2.97. The first-order chi connectivity index (χ1) is 10.2. The molecule has 0 amide bonds. The highest BCUT2D eigenvalue weighted by Crippen LogP contribution is 2.29. The van der Waals surface area contributed by atoms with E-state index in [0.29, 0.717) is 10.6 Å². The first-order valence-corrected chi connectivity index (χ1v) is 7.56. The van der Waals surface area contributed by atoms with E-state index in [1.165, 1.54) is 11.3 Å². The first kappa shape index (κ1) is 15.0. The molecule has 0 atom stereocenters. The lowest BCUT2D eigenvalue weighted by atomic mass is 10.1. The summed E-state index contributed by atoms with van der Waals surface area (Å²) in [6.45, 7) is 2.01. The van der Waals surface area contributed by atoms with Gasteiger partial charge in [-0.25, -0.2) is 0 Å². The van der Waals surface area contributed by atoms with Gasteiger partial charge in [0.25, 0.3) is 0 Å². The highest BCUT2D eigenvalue weighted by Gasteiger charge is 2.07. The SMILES string of the molecule is CC/C=C\CC(=O)Oc1ccc(-c2ccsc2C#N)cc1. The molecule has 106 valence electrons. The fraction of sp³-hybridized carbons (Fsp3) is 0.176. The maximum Gasteiger partial charge on any atom is 0.315 e. The molecule has 1 aromatic heterocycles. The van der Waals surface area contributed by atoms with Crippen molar-refractivity contribution in [3.05, 3.63) is 52.7 Å². The topological polar surface area (TPSA) is 50.1 Å². The number of carbonyl (C=O) groups excluding carboxylic acids is 1. The number of thiophene rings is 1. The Morgan fingerprint density at radius 3 is 2.71 bits per heavy atom. The third-order valence-electron chi connectivity index (χ3n) is 2.85. The van der Waals surface area contributed by atoms with Crippen LogP contribution >= 0.6 is 11.3 Å². The van der Waals surface area contributed by atoms with Gasteiger partial charge in [-0.1, -0.05) is 31.2 Å². The normalized spacial score (nSPS) is 10.5. The van der Waals surface area contributed by atoms with E-state index in [1.54, 1.807) is 18.2 Å². The summed E-state index contributed by atoms with van der Waals surface area (Å²) in [7, 11) is 0. The van der Waals surface area contributed by atoms with Crippen LogP contribution in [0.4, 0.5) is 0 Å². The Kier molecular flexibility index (Phi) is 5.30. The number of rotatable bonds is 5. The van der Waals surface area contributed by atoms with Crippen molar-refractivity contribution in [2.45, 2.75) is 19.8 Å². The standard InChI is InChI=1S/C17H15NO2S/c1-2-3-4-5-17(19)20-14-8-6-13(7-9-14)15-10-11-21-16(15)12-18/h3-4,6-11H,2,5H2,1H3/b4-3-. The van der Waals surface area contributed by atoms with Crippen LogP contribution in [0.3, 0.4) is 0 Å². The van der Waals surface area contributed by atoms with E-state index in [4.69, 9.17) is 10.00 Å². The fourth-order valence-electron chi connectivity index (χ4n) is 1.85. The largest absolute Gasteiger partial charge is 0.426 e. The van der Waals surface area contributed by atoms with Crippen LogP contribution in [0.25, 0.3) is 11.1 Å². The molecule has 4 heteroatoms. The van der Waals surface area contributed by atoms with Gasteiger partial charge in [0.15, 0.2) is 0 Å². The van der Waals surface area contributed by atoms with Gasteiger partial charge >= 0.3 is 5.97 Å². The van der Waals surface area contributed by atoms with Crippen LogP contribution in [0, 0.1) is 11.3 Å². The Hall–Kier alpha value is -2.38. The second kappa shape index (κ2) is 7.41. The summed E-state index contributed by atoms with van der Waals surface area (Å²) in [5, 5.41) is 10.9. The summed E-state index contributed by atoms with van der Waals surface area (Å²) in [4.78, 5) is 12.3. The minimum absolute atomic E-state index is 0.276. The van der Waals surface area contributed by atoms with Crippen molar-refractivity contribution in [1.82, 2.24) is 0 Å². The number of nitrogens with zero attached hydrogens (tertiary/aromatic N) is 1. The van der Waals surface area contributed by atoms with E-state index >= 15 is 0 Å². The minimum atomic E-state index is -0.277. The third kappa shape index (κ3) is 4.04. The van der Waals surface area contributed by atoms with E-state index < -0.39 is 0 Å². The molecule has 0 radical (unpaired) electrons. The second-order valence-corrected chi connectivity index (χ2v) is 5.27. The number of allylic oxidation sites excluding steroid dienone is 1. The molecule has 0 saturated heterocycles. The molecule has 0 spiro atoms. The Balaban J connectivity index is 2.04. The van der Waals surface area contributed by atoms with E-state index in [1.807, 2.05) is 36.6 Å². The molecule has 0 unspecified atom stereocenters. The molecule has 0 fully saturated rings. The molecule has 0 N–H and O–H groups in total. The van der Waals surface area contributed by atoms with E-state index in [0.717, 1.165) is 17.5 Å². The van der Waals surface area contributed by atoms with Crippen molar-refractivity contribution in [3.63, 3.8) is 0 Å². The summed E-state index contributed by atoms with van der Waals surface area (Å²) in [6, 6.07) is 11.3. The lowest BCUT2D eigenvalue weighted by Gasteiger charge is -2.04. The summed E-state index contributed by atoms with van der Waals surface area (Å²) in [5.41, 5.74) is 1.85. The molecule has 1 heterocycles. The number of carbonyl (C=O) groups is 1. The molecular formula is C17H15NO2S. The van der Waals surface area contributed by atoms with Crippen molar-refractivity contribution in [3.8, 4) is 22.9 Å². The zero-order valence-corrected chi connectivity index (χ0v) is 12.5. The van der Waals surface area contributed by atoms with Gasteiger partial charge in [0, 0.05) is 5.56 Å². The van der Waals surface area contributed by atoms with Crippen molar-refractivity contribution in [2.75, 3.05) is 0 Å². The molecule has 3 nitrogen and oxygen atoms in total. The highest BCUT2D eigenvalue weighted by atomic mass is 32.1. The number of esters is 1. The van der Waals surface area contributed by atoms with Crippen LogP contribution in [0.5, 0.6) is 5.75 Å². The molecule has 2 aromatic rings. The Bertz CT molecular complexity index is 678. The number of nitriles is 1. The molecule has 2 rings (SSSR count). The van der Waals surface area contributed by atoms with Crippen LogP contribution < -0.4 is 4.74 Å². The lowest BCUT2D eigenvalue weighted by Crippen LogP contribution is -2.05. The van der Waals surface area contributed by atoms with Gasteiger partial charge in [0.2, 0.25) is 0 Å². The zero-order valence-electron chi connectivity index (χ0n) is 11.7. The Morgan fingerprint density at radius 1 is 1.29 bits per heavy atom. The quantitative estimate of drug-likeness (QED) is 0.462. The summed E-state index contributed by atoms with van der Waals surface area (Å²) in [6.07, 6.45) is 4.92. The first-order valence-electron chi connectivity index (χ1n) is 6.68. The van der Waals surface area contributed by atoms with Gasteiger partial charge in [-0.3, -0.25) is 4.79 Å². The predicted molar refractivity (Wildman–Crippen MR) is 84.2 cm³/mol. The van der Waals surface area contributed by atoms with Gasteiger partial charge in [-0.05, 0) is 35.6 Å². The number of ether oxygens (including phenoxy) is 1. The Labute approximate surface area is 128 Å². The van der Waals surface area contributed by atoms with Crippen LogP contribution in [-0.2, 0) is 4.79 Å². The van der Waals surface area contributed by atoms with Gasteiger partial charge in [-0.15, -0.1) is 11.3 Å². The van der Waals surface area contributed by atoms with Crippen LogP contribution in [0.2, 0.25) is 0 Å². The van der Waals surface area contributed by atoms with Gasteiger partial charge in [0.05, 0.1) is 6.42 Å². The van der Waals surface area contributed by atoms with Crippen molar-refractivity contribution in [2.24, 2.45) is 0 Å². The molecule has 0 saturated carbocycles. The smallest absolute Gasteiger partial charge is 0.315 e. The van der Waals surface area contributed by atoms with Crippen LogP contribution in [0.1, 0.15) is 24.6 Å².